The molecule has 0 spiro atoms. The molecule has 6 nitrogen and oxygen atoms in total. The first kappa shape index (κ1) is 19.7. The molecule has 134 valence electrons. The van der Waals surface area contributed by atoms with Gasteiger partial charge in [-0.05, 0) is 38.5 Å². The molecule has 0 unspecified atom stereocenters. The van der Waals surface area contributed by atoms with Gasteiger partial charge in [0.25, 0.3) is 0 Å². The molecule has 1 rings (SSSR count). The second kappa shape index (κ2) is 7.07. The van der Waals surface area contributed by atoms with E-state index in [0.717, 1.165) is 6.42 Å². The van der Waals surface area contributed by atoms with Gasteiger partial charge in [-0.3, -0.25) is 4.79 Å². The third kappa shape index (κ3) is 5.37. The lowest BCUT2D eigenvalue weighted by molar-refractivity contribution is -0.138. The van der Waals surface area contributed by atoms with Gasteiger partial charge >= 0.3 is 6.09 Å². The minimum atomic E-state index is -0.698. The van der Waals surface area contributed by atoms with Crippen LogP contribution in [0.5, 0.6) is 0 Å². The zero-order chi connectivity index (χ0) is 18.0. The Morgan fingerprint density at radius 3 is 2.26 bits per heavy atom. The molecule has 3 atom stereocenters. The number of rotatable bonds is 3. The van der Waals surface area contributed by atoms with Crippen molar-refractivity contribution in [3.63, 3.8) is 0 Å². The second-order valence-electron chi connectivity index (χ2n) is 8.49. The van der Waals surface area contributed by atoms with Crippen molar-refractivity contribution < 1.29 is 19.4 Å². The van der Waals surface area contributed by atoms with E-state index in [0.29, 0.717) is 6.54 Å². The molecule has 0 aromatic heterocycles. The fraction of sp³-hybridized carbons (Fsp3) is 0.882. The fourth-order valence-corrected chi connectivity index (χ4v) is 2.80. The van der Waals surface area contributed by atoms with Crippen LogP contribution in [0.15, 0.2) is 0 Å². The van der Waals surface area contributed by atoms with Gasteiger partial charge in [0.1, 0.15) is 11.6 Å². The van der Waals surface area contributed by atoms with E-state index < -0.39 is 23.2 Å². The molecule has 0 radical (unpaired) electrons. The van der Waals surface area contributed by atoms with Crippen LogP contribution in [-0.2, 0) is 9.53 Å². The van der Waals surface area contributed by atoms with E-state index in [1.54, 1.807) is 25.7 Å². The SMILES string of the molecule is C[C@H]1CCN(C(=O)[C@@H](NC(=O)OC(C)(C)C)C(C)(C)C)[C@@H]1CO. The van der Waals surface area contributed by atoms with E-state index in [1.807, 2.05) is 27.7 Å². The number of likely N-dealkylation sites (tertiary alicyclic amines) is 1. The first-order chi connectivity index (χ1) is 10.4. The Morgan fingerprint density at radius 1 is 1.26 bits per heavy atom. The lowest BCUT2D eigenvalue weighted by Gasteiger charge is -2.36. The number of amides is 2. The maximum absolute atomic E-state index is 13.0. The van der Waals surface area contributed by atoms with Crippen LogP contribution in [-0.4, -0.2) is 52.8 Å². The quantitative estimate of drug-likeness (QED) is 0.832. The third-order valence-corrected chi connectivity index (χ3v) is 4.13. The molecular weight excluding hydrogens is 296 g/mol. The zero-order valence-electron chi connectivity index (χ0n) is 15.5. The largest absolute Gasteiger partial charge is 0.444 e. The molecule has 0 bridgehead atoms. The van der Waals surface area contributed by atoms with Crippen molar-refractivity contribution in [2.75, 3.05) is 13.2 Å². The molecule has 1 aliphatic heterocycles. The van der Waals surface area contributed by atoms with E-state index in [4.69, 9.17) is 4.74 Å². The highest BCUT2D eigenvalue weighted by Crippen LogP contribution is 2.28. The second-order valence-corrected chi connectivity index (χ2v) is 8.49. The van der Waals surface area contributed by atoms with Gasteiger partial charge in [-0.25, -0.2) is 4.79 Å². The highest BCUT2D eigenvalue weighted by molar-refractivity contribution is 5.87. The van der Waals surface area contributed by atoms with Gasteiger partial charge in [-0.2, -0.15) is 0 Å². The van der Waals surface area contributed by atoms with Crippen molar-refractivity contribution in [2.24, 2.45) is 11.3 Å². The van der Waals surface area contributed by atoms with Crippen LogP contribution in [0.25, 0.3) is 0 Å². The molecule has 1 fully saturated rings. The van der Waals surface area contributed by atoms with Crippen molar-refractivity contribution in [2.45, 2.75) is 72.6 Å². The van der Waals surface area contributed by atoms with Gasteiger partial charge in [0.05, 0.1) is 12.6 Å². The van der Waals surface area contributed by atoms with Crippen molar-refractivity contribution in [1.82, 2.24) is 10.2 Å². The Balaban J connectivity index is 2.90. The lowest BCUT2D eigenvalue weighted by Crippen LogP contribution is -2.57. The van der Waals surface area contributed by atoms with Gasteiger partial charge in [-0.1, -0.05) is 27.7 Å². The van der Waals surface area contributed by atoms with Crippen LogP contribution >= 0.6 is 0 Å². The minimum Gasteiger partial charge on any atom is -0.444 e. The maximum atomic E-state index is 13.0. The average molecular weight is 328 g/mol. The van der Waals surface area contributed by atoms with Crippen molar-refractivity contribution in [3.05, 3.63) is 0 Å². The summed E-state index contributed by atoms with van der Waals surface area (Å²) in [5, 5.41) is 12.3. The number of hydrogen-bond donors (Lipinski definition) is 2. The Labute approximate surface area is 139 Å². The van der Waals surface area contributed by atoms with Crippen LogP contribution in [0.1, 0.15) is 54.9 Å². The molecule has 0 aliphatic carbocycles. The zero-order valence-corrected chi connectivity index (χ0v) is 15.5. The van der Waals surface area contributed by atoms with Gasteiger partial charge < -0.3 is 20.1 Å². The van der Waals surface area contributed by atoms with Crippen molar-refractivity contribution >= 4 is 12.0 Å². The highest BCUT2D eigenvalue weighted by atomic mass is 16.6. The van der Waals surface area contributed by atoms with Gasteiger partial charge in [0.15, 0.2) is 0 Å². The molecule has 6 heteroatoms. The van der Waals surface area contributed by atoms with Crippen LogP contribution < -0.4 is 5.32 Å². The molecule has 0 aromatic carbocycles. The maximum Gasteiger partial charge on any atom is 0.408 e. The first-order valence-electron chi connectivity index (χ1n) is 8.27. The molecular formula is C17H32N2O4. The number of aliphatic hydroxyl groups excluding tert-OH is 1. The third-order valence-electron chi connectivity index (χ3n) is 4.13. The van der Waals surface area contributed by atoms with Crippen LogP contribution in [0.4, 0.5) is 4.79 Å². The van der Waals surface area contributed by atoms with Gasteiger partial charge in [-0.15, -0.1) is 0 Å². The fourth-order valence-electron chi connectivity index (χ4n) is 2.80. The Morgan fingerprint density at radius 2 is 1.83 bits per heavy atom. The van der Waals surface area contributed by atoms with Crippen LogP contribution in [0.2, 0.25) is 0 Å². The van der Waals surface area contributed by atoms with Crippen molar-refractivity contribution in [3.8, 4) is 0 Å². The number of alkyl carbamates (subject to hydrolysis) is 1. The average Bonchev–Trinajstić information content (AvgIpc) is 2.72. The molecule has 0 aromatic rings. The number of carbonyl (C=O) groups is 2. The molecule has 1 heterocycles. The summed E-state index contributed by atoms with van der Waals surface area (Å²) in [6.07, 6.45) is 0.263. The number of nitrogens with zero attached hydrogens (tertiary/aromatic N) is 1. The Bertz CT molecular complexity index is 437. The molecule has 2 N–H and O–H groups in total. The lowest BCUT2D eigenvalue weighted by atomic mass is 9.85. The topological polar surface area (TPSA) is 78.9 Å². The Hall–Kier alpha value is -1.30. The molecule has 23 heavy (non-hydrogen) atoms. The minimum absolute atomic E-state index is 0.0593. The summed E-state index contributed by atoms with van der Waals surface area (Å²) in [5.41, 5.74) is -1.08. The standard InChI is InChI=1S/C17H32N2O4/c1-11-8-9-19(12(11)10-20)14(21)13(16(2,3)4)18-15(22)23-17(5,6)7/h11-13,20H,8-10H2,1-7H3,(H,18,22)/t11-,12+,13+/m0/s1. The Kier molecular flexibility index (Phi) is 6.07. The van der Waals surface area contributed by atoms with E-state index in [2.05, 4.69) is 5.32 Å². The number of nitrogens with one attached hydrogen (secondary N) is 1. The van der Waals surface area contributed by atoms with E-state index >= 15 is 0 Å². The number of aliphatic hydroxyl groups is 1. The first-order valence-corrected chi connectivity index (χ1v) is 8.27. The predicted molar refractivity (Wildman–Crippen MR) is 89.0 cm³/mol. The normalized spacial score (nSPS) is 23.6. The van der Waals surface area contributed by atoms with Gasteiger partial charge in [0, 0.05) is 6.54 Å². The van der Waals surface area contributed by atoms with E-state index in [1.165, 1.54) is 0 Å². The highest BCUT2D eigenvalue weighted by Gasteiger charge is 2.42. The molecule has 1 saturated heterocycles. The summed E-state index contributed by atoms with van der Waals surface area (Å²) < 4.78 is 5.28. The number of carbonyl (C=O) groups excluding carboxylic acids is 2. The van der Waals surface area contributed by atoms with E-state index in [-0.39, 0.29) is 24.5 Å². The smallest absolute Gasteiger partial charge is 0.408 e. The summed E-state index contributed by atoms with van der Waals surface area (Å²) in [7, 11) is 0. The number of hydrogen-bond acceptors (Lipinski definition) is 4. The van der Waals surface area contributed by atoms with E-state index in [9.17, 15) is 14.7 Å². The molecule has 1 aliphatic rings. The molecule has 2 amide bonds. The summed E-state index contributed by atoms with van der Waals surface area (Å²) in [6.45, 7) is 13.6. The van der Waals surface area contributed by atoms with Crippen LogP contribution in [0.3, 0.4) is 0 Å². The summed E-state index contributed by atoms with van der Waals surface area (Å²) >= 11 is 0. The summed E-state index contributed by atoms with van der Waals surface area (Å²) in [5.74, 6) is 0.0952. The van der Waals surface area contributed by atoms with Gasteiger partial charge in [0.2, 0.25) is 5.91 Å². The van der Waals surface area contributed by atoms with Crippen molar-refractivity contribution in [1.29, 1.82) is 0 Å². The summed E-state index contributed by atoms with van der Waals surface area (Å²) in [4.78, 5) is 26.7. The summed E-state index contributed by atoms with van der Waals surface area (Å²) in [6, 6.07) is -0.885. The predicted octanol–water partition coefficient (Wildman–Crippen LogP) is 2.16. The monoisotopic (exact) mass is 328 g/mol. The van der Waals surface area contributed by atoms with Crippen LogP contribution in [0, 0.1) is 11.3 Å². The molecule has 0 saturated carbocycles. The number of ether oxygens (including phenoxy) is 1.